The van der Waals surface area contributed by atoms with Gasteiger partial charge in [0.25, 0.3) is 11.8 Å². The van der Waals surface area contributed by atoms with Crippen LogP contribution >= 0.6 is 0 Å². The van der Waals surface area contributed by atoms with E-state index in [4.69, 9.17) is 5.73 Å². The van der Waals surface area contributed by atoms with Gasteiger partial charge in [-0.2, -0.15) is 18.3 Å². The Morgan fingerprint density at radius 3 is 2.62 bits per heavy atom. The summed E-state index contributed by atoms with van der Waals surface area (Å²) < 4.78 is 39.7. The summed E-state index contributed by atoms with van der Waals surface area (Å²) in [5.74, 6) is -1.42. The van der Waals surface area contributed by atoms with Gasteiger partial charge in [-0.3, -0.25) is 14.7 Å². The molecule has 2 amide bonds. The van der Waals surface area contributed by atoms with Crippen LogP contribution in [0.2, 0.25) is 0 Å². The van der Waals surface area contributed by atoms with E-state index in [0.29, 0.717) is 25.1 Å². The van der Waals surface area contributed by atoms with E-state index < -0.39 is 29.6 Å². The van der Waals surface area contributed by atoms with E-state index in [1.165, 1.54) is 29.2 Å². The molecule has 1 fully saturated rings. The normalized spacial score (nSPS) is 18.0. The molecule has 0 aliphatic carbocycles. The van der Waals surface area contributed by atoms with Crippen LogP contribution in [0.4, 0.5) is 13.2 Å². The first-order valence-electron chi connectivity index (χ1n) is 8.11. The fourth-order valence-corrected chi connectivity index (χ4v) is 3.20. The molecule has 1 aromatic heterocycles. The molecular weight excluding hydrogens is 349 g/mol. The summed E-state index contributed by atoms with van der Waals surface area (Å²) >= 11 is 0. The van der Waals surface area contributed by atoms with Crippen molar-refractivity contribution >= 4 is 11.8 Å². The van der Waals surface area contributed by atoms with E-state index >= 15 is 0 Å². The number of aromatic nitrogens is 2. The molecule has 0 spiro atoms. The molecule has 0 unspecified atom stereocenters. The predicted octanol–water partition coefficient (Wildman–Crippen LogP) is 2.89. The van der Waals surface area contributed by atoms with Crippen LogP contribution < -0.4 is 5.73 Å². The third kappa shape index (κ3) is 3.42. The minimum Gasteiger partial charge on any atom is -0.364 e. The number of rotatable bonds is 3. The van der Waals surface area contributed by atoms with Gasteiger partial charge in [0.15, 0.2) is 0 Å². The van der Waals surface area contributed by atoms with Crippen molar-refractivity contribution in [2.45, 2.75) is 31.5 Å². The second-order valence-electron chi connectivity index (χ2n) is 6.13. The quantitative estimate of drug-likeness (QED) is 0.875. The van der Waals surface area contributed by atoms with Crippen molar-refractivity contribution in [1.29, 1.82) is 0 Å². The van der Waals surface area contributed by atoms with Crippen molar-refractivity contribution in [3.05, 3.63) is 52.8 Å². The molecule has 0 saturated carbocycles. The molecule has 1 aromatic carbocycles. The molecule has 1 aliphatic heterocycles. The average Bonchev–Trinajstić information content (AvgIpc) is 3.11. The fourth-order valence-electron chi connectivity index (χ4n) is 3.20. The Kier molecular flexibility index (Phi) is 4.71. The lowest BCUT2D eigenvalue weighted by molar-refractivity contribution is -0.138. The molecule has 26 heavy (non-hydrogen) atoms. The monoisotopic (exact) mass is 366 g/mol. The standard InChI is InChI=1S/C17H17F3N4O2/c18-17(19,20)11-6-2-1-5-10(11)16(26)24-8-4-3-7-14(24)12-9-13(15(21)25)23-22-12/h1-2,5-6,9,14H,3-4,7-8H2,(H2,21,25)(H,22,23)/t14-/m0/s1. The molecule has 3 rings (SSSR count). The Bertz CT molecular complexity index is 831. The number of hydrogen-bond donors (Lipinski definition) is 2. The first-order valence-corrected chi connectivity index (χ1v) is 8.11. The third-order valence-corrected chi connectivity index (χ3v) is 4.44. The summed E-state index contributed by atoms with van der Waals surface area (Å²) in [6.45, 7) is 0.320. The number of alkyl halides is 3. The molecule has 138 valence electrons. The lowest BCUT2D eigenvalue weighted by Gasteiger charge is -2.35. The second kappa shape index (κ2) is 6.81. The maximum absolute atomic E-state index is 13.2. The van der Waals surface area contributed by atoms with E-state index in [1.807, 2.05) is 0 Å². The first kappa shape index (κ1) is 18.0. The van der Waals surface area contributed by atoms with Crippen LogP contribution in [0.15, 0.2) is 30.3 Å². The number of benzene rings is 1. The highest BCUT2D eigenvalue weighted by atomic mass is 19.4. The van der Waals surface area contributed by atoms with Gasteiger partial charge in [-0.1, -0.05) is 12.1 Å². The number of halogens is 3. The maximum Gasteiger partial charge on any atom is 0.417 e. The van der Waals surface area contributed by atoms with Crippen molar-refractivity contribution in [3.63, 3.8) is 0 Å². The Hall–Kier alpha value is -2.84. The van der Waals surface area contributed by atoms with Crippen molar-refractivity contribution in [3.8, 4) is 0 Å². The number of carbonyl (C=O) groups excluding carboxylic acids is 2. The van der Waals surface area contributed by atoms with Crippen LogP contribution in [0.3, 0.4) is 0 Å². The number of nitrogens with zero attached hydrogens (tertiary/aromatic N) is 2. The summed E-state index contributed by atoms with van der Waals surface area (Å²) in [7, 11) is 0. The molecule has 0 bridgehead atoms. The second-order valence-corrected chi connectivity index (χ2v) is 6.13. The predicted molar refractivity (Wildman–Crippen MR) is 86.2 cm³/mol. The highest BCUT2D eigenvalue weighted by Crippen LogP contribution is 2.36. The zero-order valence-electron chi connectivity index (χ0n) is 13.7. The largest absolute Gasteiger partial charge is 0.417 e. The van der Waals surface area contributed by atoms with Crippen LogP contribution in [0.5, 0.6) is 0 Å². The SMILES string of the molecule is NC(=O)c1cc([C@@H]2CCCCN2C(=O)c2ccccc2C(F)(F)F)[nH]n1. The topological polar surface area (TPSA) is 92.1 Å². The van der Waals surface area contributed by atoms with Gasteiger partial charge in [-0.25, -0.2) is 0 Å². The van der Waals surface area contributed by atoms with Gasteiger partial charge in [-0.05, 0) is 37.5 Å². The van der Waals surface area contributed by atoms with E-state index in [0.717, 1.165) is 12.5 Å². The van der Waals surface area contributed by atoms with E-state index in [9.17, 15) is 22.8 Å². The van der Waals surface area contributed by atoms with Crippen molar-refractivity contribution in [1.82, 2.24) is 15.1 Å². The third-order valence-electron chi connectivity index (χ3n) is 4.44. The summed E-state index contributed by atoms with van der Waals surface area (Å²) in [6.07, 6.45) is -2.57. The van der Waals surface area contributed by atoms with Crippen LogP contribution in [-0.2, 0) is 6.18 Å². The summed E-state index contributed by atoms with van der Waals surface area (Å²) in [4.78, 5) is 25.5. The number of nitrogens with two attached hydrogens (primary N) is 1. The first-order chi connectivity index (χ1) is 12.3. The van der Waals surface area contributed by atoms with Crippen LogP contribution in [-0.4, -0.2) is 33.5 Å². The number of nitrogens with one attached hydrogen (secondary N) is 1. The highest BCUT2D eigenvalue weighted by Gasteiger charge is 2.38. The molecule has 1 aliphatic rings. The number of H-pyrrole nitrogens is 1. The van der Waals surface area contributed by atoms with Gasteiger partial charge in [0.05, 0.1) is 22.9 Å². The number of aromatic amines is 1. The van der Waals surface area contributed by atoms with E-state index in [2.05, 4.69) is 10.2 Å². The average molecular weight is 366 g/mol. The van der Waals surface area contributed by atoms with Crippen molar-refractivity contribution in [2.75, 3.05) is 6.54 Å². The minimum absolute atomic E-state index is 0.0219. The number of primary amides is 1. The molecule has 2 heterocycles. The van der Waals surface area contributed by atoms with Crippen LogP contribution in [0.25, 0.3) is 0 Å². The van der Waals surface area contributed by atoms with E-state index in [1.54, 1.807) is 0 Å². The molecule has 6 nitrogen and oxygen atoms in total. The number of amides is 2. The van der Waals surface area contributed by atoms with Crippen LogP contribution in [0, 0.1) is 0 Å². The van der Waals surface area contributed by atoms with Gasteiger partial charge < -0.3 is 10.6 Å². The Morgan fingerprint density at radius 1 is 1.23 bits per heavy atom. The van der Waals surface area contributed by atoms with Crippen molar-refractivity contribution < 1.29 is 22.8 Å². The van der Waals surface area contributed by atoms with Crippen LogP contribution in [0.1, 0.15) is 57.4 Å². The minimum atomic E-state index is -4.62. The zero-order valence-corrected chi connectivity index (χ0v) is 13.7. The Balaban J connectivity index is 1.95. The number of hydrogen-bond acceptors (Lipinski definition) is 3. The fraction of sp³-hybridized carbons (Fsp3) is 0.353. The molecule has 9 heteroatoms. The lowest BCUT2D eigenvalue weighted by Crippen LogP contribution is -2.39. The van der Waals surface area contributed by atoms with Gasteiger partial charge in [0.2, 0.25) is 0 Å². The van der Waals surface area contributed by atoms with Gasteiger partial charge in [0, 0.05) is 6.54 Å². The van der Waals surface area contributed by atoms with Crippen molar-refractivity contribution in [2.24, 2.45) is 5.73 Å². The Morgan fingerprint density at radius 2 is 1.96 bits per heavy atom. The number of piperidine rings is 1. The number of likely N-dealkylation sites (tertiary alicyclic amines) is 1. The lowest BCUT2D eigenvalue weighted by atomic mass is 9.96. The zero-order chi connectivity index (χ0) is 18.9. The molecule has 1 saturated heterocycles. The highest BCUT2D eigenvalue weighted by molar-refractivity contribution is 5.96. The Labute approximate surface area is 147 Å². The van der Waals surface area contributed by atoms with Gasteiger partial charge in [0.1, 0.15) is 5.69 Å². The molecule has 3 N–H and O–H groups in total. The molecule has 1 atom stereocenters. The smallest absolute Gasteiger partial charge is 0.364 e. The maximum atomic E-state index is 13.2. The number of carbonyl (C=O) groups is 2. The van der Waals surface area contributed by atoms with Gasteiger partial charge >= 0.3 is 6.18 Å². The summed E-state index contributed by atoms with van der Waals surface area (Å²) in [5, 5.41) is 6.47. The van der Waals surface area contributed by atoms with Gasteiger partial charge in [-0.15, -0.1) is 0 Å². The molecular formula is C17H17F3N4O2. The molecule has 0 radical (unpaired) electrons. The van der Waals surface area contributed by atoms with E-state index in [-0.39, 0.29) is 11.3 Å². The summed E-state index contributed by atoms with van der Waals surface area (Å²) in [5.41, 5.74) is 4.34. The molecule has 2 aromatic rings. The summed E-state index contributed by atoms with van der Waals surface area (Å²) in [6, 6.07) is 5.68.